The fourth-order valence-electron chi connectivity index (χ4n) is 3.51. The van der Waals surface area contributed by atoms with Gasteiger partial charge in [-0.1, -0.05) is 12.1 Å². The molecule has 3 unspecified atom stereocenters. The van der Waals surface area contributed by atoms with Crippen molar-refractivity contribution in [2.24, 2.45) is 11.1 Å². The van der Waals surface area contributed by atoms with E-state index in [1.165, 1.54) is 0 Å². The molecule has 5 heteroatoms. The molecule has 2 N–H and O–H groups in total. The Hall–Kier alpha value is -1.46. The van der Waals surface area contributed by atoms with Gasteiger partial charge in [0.2, 0.25) is 0 Å². The molecular formula is C14H18N2O3. The molecule has 0 aromatic heterocycles. The quantitative estimate of drug-likeness (QED) is 0.665. The van der Waals surface area contributed by atoms with E-state index in [1.807, 2.05) is 12.1 Å². The van der Waals surface area contributed by atoms with Gasteiger partial charge in [0, 0.05) is 24.1 Å². The molecule has 2 fully saturated rings. The van der Waals surface area contributed by atoms with Crippen molar-refractivity contribution in [2.75, 3.05) is 6.54 Å². The summed E-state index contributed by atoms with van der Waals surface area (Å²) in [6.07, 6.45) is 4.74. The van der Waals surface area contributed by atoms with Crippen LogP contribution in [0.15, 0.2) is 24.3 Å². The summed E-state index contributed by atoms with van der Waals surface area (Å²) < 4.78 is 5.93. The molecule has 0 amide bonds. The number of nitrogens with two attached hydrogens (primary N) is 1. The lowest BCUT2D eigenvalue weighted by atomic mass is 9.70. The van der Waals surface area contributed by atoms with Crippen molar-refractivity contribution < 1.29 is 9.66 Å². The second kappa shape index (κ2) is 4.58. The zero-order chi connectivity index (χ0) is 13.5. The van der Waals surface area contributed by atoms with Gasteiger partial charge >= 0.3 is 0 Å². The summed E-state index contributed by atoms with van der Waals surface area (Å²) in [6, 6.07) is 6.80. The molecule has 1 aromatic carbocycles. The van der Waals surface area contributed by atoms with Gasteiger partial charge in [-0.2, -0.15) is 0 Å². The lowest BCUT2D eigenvalue weighted by Gasteiger charge is -2.34. The molecule has 3 atom stereocenters. The van der Waals surface area contributed by atoms with Crippen molar-refractivity contribution >= 4 is 5.69 Å². The van der Waals surface area contributed by atoms with E-state index >= 15 is 0 Å². The molecule has 19 heavy (non-hydrogen) atoms. The number of nitrogens with zero attached hydrogens (tertiary/aromatic N) is 1. The molecule has 2 bridgehead atoms. The molecule has 2 saturated heterocycles. The van der Waals surface area contributed by atoms with Crippen LogP contribution in [0.4, 0.5) is 5.69 Å². The third kappa shape index (κ3) is 2.13. The molecular weight excluding hydrogens is 244 g/mol. The zero-order valence-electron chi connectivity index (χ0n) is 10.7. The van der Waals surface area contributed by atoms with Gasteiger partial charge in [-0.25, -0.2) is 0 Å². The number of ether oxygens (including phenoxy) is 1. The summed E-state index contributed by atoms with van der Waals surface area (Å²) in [6.45, 7) is 0.616. The predicted molar refractivity (Wildman–Crippen MR) is 70.8 cm³/mol. The Labute approximate surface area is 111 Å². The van der Waals surface area contributed by atoms with E-state index in [-0.39, 0.29) is 22.1 Å². The fraction of sp³-hybridized carbons (Fsp3) is 0.571. The Morgan fingerprint density at radius 1 is 1.37 bits per heavy atom. The van der Waals surface area contributed by atoms with Gasteiger partial charge in [0.15, 0.2) is 0 Å². The smallest absolute Gasteiger partial charge is 0.269 e. The topological polar surface area (TPSA) is 78.4 Å². The predicted octanol–water partition coefficient (Wildman–Crippen LogP) is 2.03. The third-order valence-electron chi connectivity index (χ3n) is 4.53. The van der Waals surface area contributed by atoms with E-state index in [0.29, 0.717) is 12.6 Å². The van der Waals surface area contributed by atoms with Gasteiger partial charge in [0.05, 0.1) is 17.1 Å². The van der Waals surface area contributed by atoms with Crippen molar-refractivity contribution in [3.05, 3.63) is 39.9 Å². The monoisotopic (exact) mass is 262 g/mol. The maximum atomic E-state index is 10.6. The van der Waals surface area contributed by atoms with Crippen LogP contribution in [0.1, 0.15) is 24.8 Å². The van der Waals surface area contributed by atoms with Crippen LogP contribution in [-0.4, -0.2) is 23.7 Å². The Kier molecular flexibility index (Phi) is 3.03. The zero-order valence-corrected chi connectivity index (χ0v) is 10.7. The van der Waals surface area contributed by atoms with Crippen LogP contribution >= 0.6 is 0 Å². The highest BCUT2D eigenvalue weighted by Gasteiger charge is 2.51. The highest BCUT2D eigenvalue weighted by atomic mass is 16.6. The van der Waals surface area contributed by atoms with Crippen LogP contribution in [0.25, 0.3) is 0 Å². The summed E-state index contributed by atoms with van der Waals surface area (Å²) in [5.41, 5.74) is 7.26. The molecule has 0 radical (unpaired) electrons. The summed E-state index contributed by atoms with van der Waals surface area (Å²) in [5.74, 6) is 0. The number of non-ortho nitro benzene ring substituents is 1. The molecule has 0 saturated carbocycles. The Bertz CT molecular complexity index is 488. The highest BCUT2D eigenvalue weighted by molar-refractivity contribution is 5.33. The maximum Gasteiger partial charge on any atom is 0.269 e. The van der Waals surface area contributed by atoms with Gasteiger partial charge in [-0.3, -0.25) is 10.1 Å². The third-order valence-corrected chi connectivity index (χ3v) is 4.53. The van der Waals surface area contributed by atoms with Crippen LogP contribution in [0.5, 0.6) is 0 Å². The van der Waals surface area contributed by atoms with Crippen LogP contribution in [-0.2, 0) is 11.2 Å². The van der Waals surface area contributed by atoms with E-state index in [9.17, 15) is 10.1 Å². The maximum absolute atomic E-state index is 10.6. The molecule has 102 valence electrons. The van der Waals surface area contributed by atoms with Gasteiger partial charge in [-0.05, 0) is 31.2 Å². The summed E-state index contributed by atoms with van der Waals surface area (Å²) >= 11 is 0. The molecule has 3 rings (SSSR count). The van der Waals surface area contributed by atoms with E-state index < -0.39 is 0 Å². The minimum absolute atomic E-state index is 0.0268. The molecule has 2 aliphatic rings. The standard InChI is InChI=1S/C14H18N2O3/c15-9-14(8-12-5-6-13(14)19-12)7-10-1-3-11(4-2-10)16(17)18/h1-4,12-13H,5-9,15H2. The molecule has 1 aromatic rings. The fourth-order valence-corrected chi connectivity index (χ4v) is 3.51. The largest absolute Gasteiger partial charge is 0.374 e. The summed E-state index contributed by atoms with van der Waals surface area (Å²) in [5, 5.41) is 10.6. The molecule has 5 nitrogen and oxygen atoms in total. The minimum atomic E-state index is -0.372. The average Bonchev–Trinajstić information content (AvgIpc) is 3.00. The summed E-state index contributed by atoms with van der Waals surface area (Å²) in [7, 11) is 0. The first kappa shape index (κ1) is 12.6. The van der Waals surface area contributed by atoms with E-state index in [1.54, 1.807) is 12.1 Å². The van der Waals surface area contributed by atoms with Crippen molar-refractivity contribution in [3.8, 4) is 0 Å². The number of nitro groups is 1. The lowest BCUT2D eigenvalue weighted by Crippen LogP contribution is -2.41. The van der Waals surface area contributed by atoms with Gasteiger partial charge < -0.3 is 10.5 Å². The summed E-state index contributed by atoms with van der Waals surface area (Å²) in [4.78, 5) is 10.3. The SMILES string of the molecule is NCC1(Cc2ccc([N+](=O)[O-])cc2)CC2CCC1O2. The first-order valence-corrected chi connectivity index (χ1v) is 6.72. The molecule has 0 spiro atoms. The minimum Gasteiger partial charge on any atom is -0.374 e. The Balaban J connectivity index is 1.78. The van der Waals surface area contributed by atoms with E-state index in [0.717, 1.165) is 31.2 Å². The Morgan fingerprint density at radius 2 is 2.11 bits per heavy atom. The van der Waals surface area contributed by atoms with E-state index in [4.69, 9.17) is 10.5 Å². The number of nitro benzene ring substituents is 1. The van der Waals surface area contributed by atoms with Crippen molar-refractivity contribution in [1.29, 1.82) is 0 Å². The average molecular weight is 262 g/mol. The number of rotatable bonds is 4. The number of benzene rings is 1. The number of fused-ring (bicyclic) bond motifs is 2. The van der Waals surface area contributed by atoms with E-state index in [2.05, 4.69) is 0 Å². The van der Waals surface area contributed by atoms with Crippen LogP contribution < -0.4 is 5.73 Å². The number of hydrogen-bond donors (Lipinski definition) is 1. The molecule has 0 aliphatic carbocycles. The lowest BCUT2D eigenvalue weighted by molar-refractivity contribution is -0.384. The van der Waals surface area contributed by atoms with Gasteiger partial charge in [0.25, 0.3) is 5.69 Å². The van der Waals surface area contributed by atoms with Gasteiger partial charge in [0.1, 0.15) is 0 Å². The van der Waals surface area contributed by atoms with Crippen LogP contribution in [0.3, 0.4) is 0 Å². The number of hydrogen-bond acceptors (Lipinski definition) is 4. The second-order valence-corrected chi connectivity index (χ2v) is 5.70. The normalized spacial score (nSPS) is 32.7. The van der Waals surface area contributed by atoms with Gasteiger partial charge in [-0.15, -0.1) is 0 Å². The first-order chi connectivity index (χ1) is 9.13. The highest BCUT2D eigenvalue weighted by Crippen LogP contribution is 2.49. The van der Waals surface area contributed by atoms with Crippen molar-refractivity contribution in [2.45, 2.75) is 37.9 Å². The van der Waals surface area contributed by atoms with Crippen LogP contribution in [0, 0.1) is 15.5 Å². The molecule has 2 heterocycles. The van der Waals surface area contributed by atoms with Crippen molar-refractivity contribution in [3.63, 3.8) is 0 Å². The molecule has 2 aliphatic heterocycles. The first-order valence-electron chi connectivity index (χ1n) is 6.72. The second-order valence-electron chi connectivity index (χ2n) is 5.70. The van der Waals surface area contributed by atoms with Crippen molar-refractivity contribution in [1.82, 2.24) is 0 Å². The van der Waals surface area contributed by atoms with Crippen LogP contribution in [0.2, 0.25) is 0 Å². The Morgan fingerprint density at radius 3 is 2.58 bits per heavy atom.